The molecular weight excluding hydrogens is 478 g/mol. The van der Waals surface area contributed by atoms with E-state index in [0.717, 1.165) is 23.6 Å². The maximum Gasteiger partial charge on any atom is 0.227 e. The predicted molar refractivity (Wildman–Crippen MR) is 166 cm³/mol. The lowest BCUT2D eigenvalue weighted by Crippen LogP contribution is -2.25. The molecule has 1 aromatic heterocycles. The van der Waals surface area contributed by atoms with Crippen molar-refractivity contribution in [2.45, 2.75) is 130 Å². The van der Waals surface area contributed by atoms with E-state index in [2.05, 4.69) is 67.8 Å². The van der Waals surface area contributed by atoms with Crippen LogP contribution >= 0.6 is 0 Å². The molecule has 4 rings (SSSR count). The van der Waals surface area contributed by atoms with E-state index in [0.29, 0.717) is 13.0 Å². The van der Waals surface area contributed by atoms with Crippen LogP contribution in [0.2, 0.25) is 0 Å². The molecule has 0 radical (unpaired) electrons. The largest absolute Gasteiger partial charge is 0.328 e. The Bertz CT molecular complexity index is 1180. The number of nitrogens with zero attached hydrogens (tertiary/aromatic N) is 3. The molecule has 2 aromatic carbocycles. The number of carbonyl (C=O) groups is 1. The molecule has 1 saturated heterocycles. The highest BCUT2D eigenvalue weighted by Gasteiger charge is 2.35. The highest BCUT2D eigenvalue weighted by atomic mass is 16.2. The average Bonchev–Trinajstić information content (AvgIpc) is 3.50. The summed E-state index contributed by atoms with van der Waals surface area (Å²) in [4.78, 5) is 20.2. The standard InChI is InChI=1S/C35H51N3O/c1-4-5-6-7-8-9-10-11-12-13-14-15-16-19-25-37-33-23-18-17-22-31(33)36-35(37)30-26-34(39)38(27-30)32-24-20-21-28(2)29(32)3/h17-18,20-24,30H,4-16,19,25-27H2,1-3H3. The number of imidazole rings is 1. The summed E-state index contributed by atoms with van der Waals surface area (Å²) in [7, 11) is 0. The van der Waals surface area contributed by atoms with Gasteiger partial charge < -0.3 is 9.47 Å². The zero-order valence-electron chi connectivity index (χ0n) is 24.9. The topological polar surface area (TPSA) is 38.1 Å². The minimum atomic E-state index is 0.136. The third-order valence-corrected chi connectivity index (χ3v) is 8.78. The van der Waals surface area contributed by atoms with Gasteiger partial charge in [0.2, 0.25) is 5.91 Å². The zero-order chi connectivity index (χ0) is 27.5. The molecule has 1 aliphatic heterocycles. The first-order valence-corrected chi connectivity index (χ1v) is 15.9. The Morgan fingerprint density at radius 1 is 0.769 bits per heavy atom. The van der Waals surface area contributed by atoms with E-state index in [4.69, 9.17) is 4.98 Å². The number of carbonyl (C=O) groups excluding carboxylic acids is 1. The Morgan fingerprint density at radius 2 is 1.38 bits per heavy atom. The first kappa shape index (κ1) is 29.4. The van der Waals surface area contributed by atoms with E-state index in [-0.39, 0.29) is 11.8 Å². The van der Waals surface area contributed by atoms with Crippen LogP contribution in [0.5, 0.6) is 0 Å². The van der Waals surface area contributed by atoms with Gasteiger partial charge in [0.15, 0.2) is 0 Å². The molecule has 0 saturated carbocycles. The van der Waals surface area contributed by atoms with Gasteiger partial charge in [-0.25, -0.2) is 4.98 Å². The van der Waals surface area contributed by atoms with Crippen molar-refractivity contribution in [2.75, 3.05) is 11.4 Å². The molecule has 1 amide bonds. The normalized spacial score (nSPS) is 15.6. The fourth-order valence-electron chi connectivity index (χ4n) is 6.25. The van der Waals surface area contributed by atoms with Crippen molar-refractivity contribution in [1.29, 1.82) is 0 Å². The van der Waals surface area contributed by atoms with Crippen molar-refractivity contribution < 1.29 is 4.79 Å². The minimum absolute atomic E-state index is 0.136. The molecular formula is C35H51N3O. The fraction of sp³-hybridized carbons (Fsp3) is 0.600. The number of aromatic nitrogens is 2. The van der Waals surface area contributed by atoms with E-state index in [1.54, 1.807) is 0 Å². The van der Waals surface area contributed by atoms with Crippen molar-refractivity contribution in [3.63, 3.8) is 0 Å². The smallest absolute Gasteiger partial charge is 0.227 e. The van der Waals surface area contributed by atoms with Gasteiger partial charge in [-0.3, -0.25) is 4.79 Å². The number of hydrogen-bond donors (Lipinski definition) is 0. The van der Waals surface area contributed by atoms with Crippen molar-refractivity contribution in [3.8, 4) is 0 Å². The van der Waals surface area contributed by atoms with Crippen molar-refractivity contribution in [3.05, 3.63) is 59.4 Å². The summed E-state index contributed by atoms with van der Waals surface area (Å²) in [6, 6.07) is 14.7. The summed E-state index contributed by atoms with van der Waals surface area (Å²) in [5, 5.41) is 0. The van der Waals surface area contributed by atoms with Gasteiger partial charge in [0.25, 0.3) is 0 Å². The number of aryl methyl sites for hydroxylation is 2. The highest BCUT2D eigenvalue weighted by molar-refractivity contribution is 5.97. The molecule has 1 atom stereocenters. The second-order valence-electron chi connectivity index (χ2n) is 11.8. The molecule has 0 bridgehead atoms. The lowest BCUT2D eigenvalue weighted by atomic mass is 10.0. The lowest BCUT2D eigenvalue weighted by molar-refractivity contribution is -0.117. The van der Waals surface area contributed by atoms with E-state index in [1.165, 1.54) is 107 Å². The van der Waals surface area contributed by atoms with Gasteiger partial charge in [-0.05, 0) is 49.6 Å². The molecule has 0 N–H and O–H groups in total. The Balaban J connectivity index is 1.25. The zero-order valence-corrected chi connectivity index (χ0v) is 24.9. The molecule has 0 aliphatic carbocycles. The molecule has 0 spiro atoms. The van der Waals surface area contributed by atoms with Gasteiger partial charge in [-0.15, -0.1) is 0 Å². The van der Waals surface area contributed by atoms with Crippen LogP contribution in [0, 0.1) is 13.8 Å². The molecule has 1 fully saturated rings. The predicted octanol–water partition coefficient (Wildman–Crippen LogP) is 9.65. The maximum atomic E-state index is 13.1. The van der Waals surface area contributed by atoms with E-state index < -0.39 is 0 Å². The molecule has 4 heteroatoms. The average molecular weight is 530 g/mol. The number of fused-ring (bicyclic) bond motifs is 1. The second-order valence-corrected chi connectivity index (χ2v) is 11.8. The Morgan fingerprint density at radius 3 is 2.05 bits per heavy atom. The number of hydrogen-bond acceptors (Lipinski definition) is 2. The third-order valence-electron chi connectivity index (χ3n) is 8.78. The monoisotopic (exact) mass is 529 g/mol. The van der Waals surface area contributed by atoms with Crippen molar-refractivity contribution in [2.24, 2.45) is 0 Å². The van der Waals surface area contributed by atoms with Crippen LogP contribution in [0.4, 0.5) is 5.69 Å². The molecule has 4 nitrogen and oxygen atoms in total. The molecule has 39 heavy (non-hydrogen) atoms. The quantitative estimate of drug-likeness (QED) is 0.163. The number of anilines is 1. The number of rotatable bonds is 17. The molecule has 2 heterocycles. The van der Waals surface area contributed by atoms with Gasteiger partial charge >= 0.3 is 0 Å². The SMILES string of the molecule is CCCCCCCCCCCCCCCCn1c(C2CC(=O)N(c3cccc(C)c3C)C2)nc2ccccc21. The van der Waals surface area contributed by atoms with E-state index in [1.807, 2.05) is 4.90 Å². The second kappa shape index (κ2) is 15.2. The molecule has 3 aromatic rings. The maximum absolute atomic E-state index is 13.1. The highest BCUT2D eigenvalue weighted by Crippen LogP contribution is 2.35. The molecule has 1 unspecified atom stereocenters. The summed E-state index contributed by atoms with van der Waals surface area (Å²) < 4.78 is 2.42. The van der Waals surface area contributed by atoms with E-state index in [9.17, 15) is 4.79 Å². The summed E-state index contributed by atoms with van der Waals surface area (Å²) >= 11 is 0. The van der Waals surface area contributed by atoms with Gasteiger partial charge in [0, 0.05) is 31.1 Å². The summed E-state index contributed by atoms with van der Waals surface area (Å²) in [6.45, 7) is 8.23. The van der Waals surface area contributed by atoms with Crippen LogP contribution in [0.15, 0.2) is 42.5 Å². The number of para-hydroxylation sites is 2. The lowest BCUT2D eigenvalue weighted by Gasteiger charge is -2.20. The van der Waals surface area contributed by atoms with Crippen molar-refractivity contribution >= 4 is 22.6 Å². The molecule has 1 aliphatic rings. The van der Waals surface area contributed by atoms with Gasteiger partial charge in [0.05, 0.1) is 11.0 Å². The summed E-state index contributed by atoms with van der Waals surface area (Å²) in [5.41, 5.74) is 5.74. The Kier molecular flexibility index (Phi) is 11.5. The first-order chi connectivity index (χ1) is 19.1. The third kappa shape index (κ3) is 7.96. The van der Waals surface area contributed by atoms with Gasteiger partial charge in [-0.2, -0.15) is 0 Å². The Hall–Kier alpha value is -2.62. The van der Waals surface area contributed by atoms with Gasteiger partial charge in [-0.1, -0.05) is 115 Å². The number of amides is 1. The van der Waals surface area contributed by atoms with Crippen LogP contribution in [-0.4, -0.2) is 22.0 Å². The van der Waals surface area contributed by atoms with Crippen LogP contribution in [0.25, 0.3) is 11.0 Å². The van der Waals surface area contributed by atoms with Crippen LogP contribution < -0.4 is 4.90 Å². The fourth-order valence-corrected chi connectivity index (χ4v) is 6.25. The number of unbranched alkanes of at least 4 members (excludes halogenated alkanes) is 13. The molecule has 212 valence electrons. The number of benzene rings is 2. The van der Waals surface area contributed by atoms with Crippen LogP contribution in [-0.2, 0) is 11.3 Å². The summed E-state index contributed by atoms with van der Waals surface area (Å²) in [6.07, 6.45) is 19.8. The van der Waals surface area contributed by atoms with E-state index >= 15 is 0 Å². The van der Waals surface area contributed by atoms with Gasteiger partial charge in [0.1, 0.15) is 5.82 Å². The summed E-state index contributed by atoms with van der Waals surface area (Å²) in [5.74, 6) is 1.44. The van der Waals surface area contributed by atoms with Crippen LogP contribution in [0.1, 0.15) is 126 Å². The first-order valence-electron chi connectivity index (χ1n) is 15.9. The Labute approximate surface area is 237 Å². The van der Waals surface area contributed by atoms with Crippen LogP contribution in [0.3, 0.4) is 0 Å². The minimum Gasteiger partial charge on any atom is -0.328 e. The van der Waals surface area contributed by atoms with Crippen molar-refractivity contribution in [1.82, 2.24) is 9.55 Å².